The van der Waals surface area contributed by atoms with Crippen molar-refractivity contribution < 1.29 is 22.7 Å². The number of aryl methyl sites for hydroxylation is 2. The third-order valence-electron chi connectivity index (χ3n) is 7.48. The van der Waals surface area contributed by atoms with Crippen LogP contribution in [0.15, 0.2) is 65.6 Å². The van der Waals surface area contributed by atoms with Gasteiger partial charge in [0.25, 0.3) is 21.8 Å². The fraction of sp³-hybridized carbons (Fsp3) is 0.382. The average molecular weight is 651 g/mol. The molecule has 0 saturated heterocycles. The number of rotatable bonds is 14. The number of nitrogens with zero attached hydrogens (tertiary/aromatic N) is 2. The second-order valence-electron chi connectivity index (χ2n) is 11.7. The van der Waals surface area contributed by atoms with Crippen molar-refractivity contribution in [2.24, 2.45) is 5.92 Å². The summed E-state index contributed by atoms with van der Waals surface area (Å²) < 4.78 is 35.0. The van der Waals surface area contributed by atoms with Gasteiger partial charge in [-0.05, 0) is 60.6 Å². The summed E-state index contributed by atoms with van der Waals surface area (Å²) in [6, 6.07) is 18.0. The van der Waals surface area contributed by atoms with Crippen molar-refractivity contribution in [1.82, 2.24) is 19.6 Å². The second-order valence-corrected chi connectivity index (χ2v) is 13.7. The van der Waals surface area contributed by atoms with Crippen LogP contribution >= 0.6 is 12.6 Å². The number of amides is 2. The van der Waals surface area contributed by atoms with Gasteiger partial charge in [-0.3, -0.25) is 9.59 Å². The van der Waals surface area contributed by atoms with Gasteiger partial charge < -0.3 is 14.6 Å². The Labute approximate surface area is 271 Å². The van der Waals surface area contributed by atoms with Crippen molar-refractivity contribution in [2.45, 2.75) is 64.4 Å². The Morgan fingerprint density at radius 3 is 2.42 bits per heavy atom. The highest BCUT2D eigenvalue weighted by Crippen LogP contribution is 2.29. The molecule has 2 N–H and O–H groups in total. The number of hydrogen-bond acceptors (Lipinski definition) is 7. The Kier molecular flexibility index (Phi) is 11.5. The smallest absolute Gasteiger partial charge is 0.264 e. The van der Waals surface area contributed by atoms with Gasteiger partial charge in [0, 0.05) is 43.0 Å². The van der Waals surface area contributed by atoms with Gasteiger partial charge in [-0.15, -0.1) is 0 Å². The maximum Gasteiger partial charge on any atom is 0.264 e. The molecule has 1 atom stereocenters. The predicted octanol–water partition coefficient (Wildman–Crippen LogP) is 5.54. The predicted molar refractivity (Wildman–Crippen MR) is 181 cm³/mol. The zero-order valence-electron chi connectivity index (χ0n) is 26.5. The Hall–Kier alpha value is -3.67. The van der Waals surface area contributed by atoms with E-state index in [2.05, 4.69) is 48.0 Å². The number of thiol groups is 1. The molecule has 4 rings (SSSR count). The van der Waals surface area contributed by atoms with Crippen LogP contribution in [0.2, 0.25) is 0 Å². The Balaban J connectivity index is 1.66. The zero-order valence-corrected chi connectivity index (χ0v) is 28.2. The Morgan fingerprint density at radius 1 is 1.07 bits per heavy atom. The molecule has 2 amide bonds. The summed E-state index contributed by atoms with van der Waals surface area (Å²) >= 11 is 4.45. The van der Waals surface area contributed by atoms with E-state index in [0.29, 0.717) is 34.9 Å². The first-order chi connectivity index (χ1) is 21.5. The molecule has 9 nitrogen and oxygen atoms in total. The van der Waals surface area contributed by atoms with Gasteiger partial charge in [-0.2, -0.15) is 12.6 Å². The standard InChI is InChI=1S/C34H42N4O5S2/c1-6-9-31-36-33-23(4)17-26(34(40)35-27(21-44)16-22(2)3)18-29(33)38(31)19-24-12-14-25(15-13-24)28-10-7-8-11-30(28)45(41,42)37-32(39)20-43-5/h7-8,10-15,17-18,22,27,44H,6,9,16,19-21H2,1-5H3,(H,35,40)(H,37,39)/t27-/m1/s1. The van der Waals surface area contributed by atoms with E-state index in [1.165, 1.54) is 13.2 Å². The van der Waals surface area contributed by atoms with E-state index in [4.69, 9.17) is 9.72 Å². The summed E-state index contributed by atoms with van der Waals surface area (Å²) in [5.41, 5.74) is 5.44. The highest BCUT2D eigenvalue weighted by atomic mass is 32.2. The van der Waals surface area contributed by atoms with Crippen LogP contribution in [0.3, 0.4) is 0 Å². The molecule has 1 aromatic heterocycles. The van der Waals surface area contributed by atoms with E-state index in [-0.39, 0.29) is 23.5 Å². The Morgan fingerprint density at radius 2 is 1.78 bits per heavy atom. The summed E-state index contributed by atoms with van der Waals surface area (Å²) in [5.74, 6) is 1.08. The molecular formula is C34H42N4O5S2. The van der Waals surface area contributed by atoms with Crippen LogP contribution in [0, 0.1) is 12.8 Å². The molecule has 0 aliphatic carbocycles. The lowest BCUT2D eigenvalue weighted by Gasteiger charge is -2.19. The number of imidazole rings is 1. The molecular weight excluding hydrogens is 609 g/mol. The summed E-state index contributed by atoms with van der Waals surface area (Å²) in [6.45, 7) is 8.51. The molecule has 0 saturated carbocycles. The monoisotopic (exact) mass is 650 g/mol. The molecule has 3 aromatic carbocycles. The fourth-order valence-electron chi connectivity index (χ4n) is 5.46. The first-order valence-electron chi connectivity index (χ1n) is 15.1. The van der Waals surface area contributed by atoms with Crippen molar-refractivity contribution >= 4 is 45.5 Å². The minimum absolute atomic E-state index is 0.00266. The van der Waals surface area contributed by atoms with E-state index < -0.39 is 15.9 Å². The number of benzene rings is 3. The topological polar surface area (TPSA) is 119 Å². The minimum Gasteiger partial charge on any atom is -0.375 e. The molecule has 0 aliphatic rings. The highest BCUT2D eigenvalue weighted by Gasteiger charge is 2.22. The third-order valence-corrected chi connectivity index (χ3v) is 9.35. The first-order valence-corrected chi connectivity index (χ1v) is 17.2. The lowest BCUT2D eigenvalue weighted by Crippen LogP contribution is -2.37. The number of carbonyl (C=O) groups is 2. The van der Waals surface area contributed by atoms with Crippen molar-refractivity contribution in [3.8, 4) is 11.1 Å². The van der Waals surface area contributed by atoms with Gasteiger partial charge >= 0.3 is 0 Å². The molecule has 11 heteroatoms. The van der Waals surface area contributed by atoms with E-state index in [9.17, 15) is 18.0 Å². The van der Waals surface area contributed by atoms with E-state index in [1.54, 1.807) is 18.2 Å². The van der Waals surface area contributed by atoms with Gasteiger partial charge in [0.1, 0.15) is 12.4 Å². The molecule has 0 fully saturated rings. The van der Waals surface area contributed by atoms with Crippen molar-refractivity contribution in [3.05, 3.63) is 83.2 Å². The summed E-state index contributed by atoms with van der Waals surface area (Å²) in [6.07, 6.45) is 2.55. The number of sulfonamides is 1. The zero-order chi connectivity index (χ0) is 32.7. The molecule has 1 heterocycles. The van der Waals surface area contributed by atoms with E-state index in [1.807, 2.05) is 43.3 Å². The number of methoxy groups -OCH3 is 1. The van der Waals surface area contributed by atoms with E-state index >= 15 is 0 Å². The first kappa shape index (κ1) is 34.2. The lowest BCUT2D eigenvalue weighted by atomic mass is 10.0. The molecule has 45 heavy (non-hydrogen) atoms. The van der Waals surface area contributed by atoms with Crippen molar-refractivity contribution in [1.29, 1.82) is 0 Å². The quantitative estimate of drug-likeness (QED) is 0.154. The summed E-state index contributed by atoms with van der Waals surface area (Å²) in [4.78, 5) is 30.2. The largest absolute Gasteiger partial charge is 0.375 e. The van der Waals surface area contributed by atoms with E-state index in [0.717, 1.165) is 47.2 Å². The van der Waals surface area contributed by atoms with Crippen LogP contribution in [-0.2, 0) is 32.5 Å². The molecule has 0 aliphatic heterocycles. The number of hydrogen-bond donors (Lipinski definition) is 3. The van der Waals surface area contributed by atoms with Crippen LogP contribution in [-0.4, -0.2) is 55.3 Å². The molecule has 0 bridgehead atoms. The normalized spacial score (nSPS) is 12.4. The molecule has 0 radical (unpaired) electrons. The van der Waals surface area contributed by atoms with Crippen molar-refractivity contribution in [2.75, 3.05) is 19.5 Å². The average Bonchev–Trinajstić information content (AvgIpc) is 3.34. The maximum atomic E-state index is 13.3. The van der Waals surface area contributed by atoms with Crippen LogP contribution in [0.25, 0.3) is 22.2 Å². The van der Waals surface area contributed by atoms with Gasteiger partial charge in [-0.1, -0.05) is 63.2 Å². The number of fused-ring (bicyclic) bond motifs is 1. The molecule has 0 spiro atoms. The number of nitrogens with one attached hydrogen (secondary N) is 2. The number of ether oxygens (including phenoxy) is 1. The van der Waals surface area contributed by atoms with Crippen LogP contribution in [0.5, 0.6) is 0 Å². The highest BCUT2D eigenvalue weighted by molar-refractivity contribution is 7.90. The van der Waals surface area contributed by atoms with Gasteiger partial charge in [0.2, 0.25) is 0 Å². The van der Waals surface area contributed by atoms with Crippen LogP contribution in [0.1, 0.15) is 60.9 Å². The summed E-state index contributed by atoms with van der Waals surface area (Å²) in [7, 11) is -2.78. The molecule has 4 aromatic rings. The molecule has 0 unspecified atom stereocenters. The molecule has 240 valence electrons. The maximum absolute atomic E-state index is 13.3. The third kappa shape index (κ3) is 8.33. The van der Waals surface area contributed by atoms with Crippen LogP contribution in [0.4, 0.5) is 0 Å². The minimum atomic E-state index is -4.11. The fourth-order valence-corrected chi connectivity index (χ4v) is 6.90. The van der Waals surface area contributed by atoms with Gasteiger partial charge in [0.05, 0.1) is 15.9 Å². The number of aromatic nitrogens is 2. The SMILES string of the molecule is CCCc1nc2c(C)cc(C(=O)N[C@@H](CS)CC(C)C)cc2n1Cc1ccc(-c2ccccc2S(=O)(=O)NC(=O)COC)cc1. The van der Waals surface area contributed by atoms with Crippen LogP contribution < -0.4 is 10.0 Å². The Bertz CT molecular complexity index is 1770. The van der Waals surface area contributed by atoms with Gasteiger partial charge in [0.15, 0.2) is 0 Å². The number of carbonyl (C=O) groups excluding carboxylic acids is 2. The second kappa shape index (κ2) is 15.1. The lowest BCUT2D eigenvalue weighted by molar-refractivity contribution is -0.122. The summed E-state index contributed by atoms with van der Waals surface area (Å²) in [5, 5.41) is 3.14. The van der Waals surface area contributed by atoms with Crippen molar-refractivity contribution in [3.63, 3.8) is 0 Å². The van der Waals surface area contributed by atoms with Gasteiger partial charge in [-0.25, -0.2) is 18.1 Å².